The fourth-order valence-corrected chi connectivity index (χ4v) is 2.66. The number of benzene rings is 1. The SMILES string of the molecule is O=C(O)c1cccc(S(=O)(=O)c2ccccn2)c1. The zero-order valence-corrected chi connectivity index (χ0v) is 9.96. The van der Waals surface area contributed by atoms with Crippen molar-refractivity contribution in [2.75, 3.05) is 0 Å². The minimum absolute atomic E-state index is 0.0768. The lowest BCUT2D eigenvalue weighted by Crippen LogP contribution is -2.06. The van der Waals surface area contributed by atoms with Crippen LogP contribution in [0.1, 0.15) is 10.4 Å². The van der Waals surface area contributed by atoms with Gasteiger partial charge >= 0.3 is 5.97 Å². The maximum Gasteiger partial charge on any atom is 0.335 e. The molecule has 0 aliphatic carbocycles. The number of carboxylic acid groups (broad SMARTS) is 1. The van der Waals surface area contributed by atoms with E-state index in [0.29, 0.717) is 0 Å². The van der Waals surface area contributed by atoms with E-state index < -0.39 is 15.8 Å². The predicted molar refractivity (Wildman–Crippen MR) is 63.1 cm³/mol. The molecule has 0 unspecified atom stereocenters. The molecular formula is C12H9NO4S. The van der Waals surface area contributed by atoms with Gasteiger partial charge in [-0.1, -0.05) is 12.1 Å². The van der Waals surface area contributed by atoms with Crippen molar-refractivity contribution in [1.82, 2.24) is 4.98 Å². The molecule has 2 rings (SSSR count). The summed E-state index contributed by atoms with van der Waals surface area (Å²) in [7, 11) is -3.77. The zero-order valence-electron chi connectivity index (χ0n) is 9.15. The van der Waals surface area contributed by atoms with E-state index >= 15 is 0 Å². The maximum absolute atomic E-state index is 12.2. The summed E-state index contributed by atoms with van der Waals surface area (Å²) in [5.74, 6) is -1.17. The normalized spacial score (nSPS) is 11.1. The van der Waals surface area contributed by atoms with Crippen molar-refractivity contribution < 1.29 is 18.3 Å². The lowest BCUT2D eigenvalue weighted by molar-refractivity contribution is 0.0696. The van der Waals surface area contributed by atoms with Crippen LogP contribution in [-0.4, -0.2) is 24.5 Å². The molecule has 0 spiro atoms. The zero-order chi connectivity index (χ0) is 13.2. The first-order valence-corrected chi connectivity index (χ1v) is 6.49. The molecular weight excluding hydrogens is 254 g/mol. The van der Waals surface area contributed by atoms with Crippen LogP contribution in [-0.2, 0) is 9.84 Å². The third-order valence-corrected chi connectivity index (χ3v) is 3.97. The average Bonchev–Trinajstić information content (AvgIpc) is 2.40. The van der Waals surface area contributed by atoms with Crippen molar-refractivity contribution in [2.45, 2.75) is 9.92 Å². The second-order valence-corrected chi connectivity index (χ2v) is 5.40. The maximum atomic E-state index is 12.2. The van der Waals surface area contributed by atoms with Crippen molar-refractivity contribution in [2.24, 2.45) is 0 Å². The molecule has 2 aromatic rings. The monoisotopic (exact) mass is 263 g/mol. The summed E-state index contributed by atoms with van der Waals surface area (Å²) < 4.78 is 24.3. The number of hydrogen-bond donors (Lipinski definition) is 1. The number of carboxylic acids is 1. The standard InChI is InChI=1S/C12H9NO4S/c14-12(15)9-4-3-5-10(8-9)18(16,17)11-6-1-2-7-13-11/h1-8H,(H,14,15). The molecule has 6 heteroatoms. The quantitative estimate of drug-likeness (QED) is 0.909. The van der Waals surface area contributed by atoms with Crippen molar-refractivity contribution in [1.29, 1.82) is 0 Å². The van der Waals surface area contributed by atoms with Gasteiger partial charge in [0.15, 0.2) is 5.03 Å². The summed E-state index contributed by atoms with van der Waals surface area (Å²) in [6.07, 6.45) is 1.37. The van der Waals surface area contributed by atoms with E-state index in [9.17, 15) is 13.2 Å². The first kappa shape index (κ1) is 12.3. The Balaban J connectivity index is 2.55. The molecule has 1 heterocycles. The Morgan fingerprint density at radius 2 is 1.89 bits per heavy atom. The molecule has 18 heavy (non-hydrogen) atoms. The lowest BCUT2D eigenvalue weighted by atomic mass is 10.2. The van der Waals surface area contributed by atoms with E-state index in [2.05, 4.69) is 4.98 Å². The first-order chi connectivity index (χ1) is 8.51. The summed E-state index contributed by atoms with van der Waals surface area (Å²) in [5.41, 5.74) is -0.0768. The second-order valence-electron chi connectivity index (χ2n) is 3.50. The van der Waals surface area contributed by atoms with Crippen LogP contribution < -0.4 is 0 Å². The smallest absolute Gasteiger partial charge is 0.335 e. The average molecular weight is 263 g/mol. The molecule has 0 aliphatic heterocycles. The third kappa shape index (κ3) is 2.23. The van der Waals surface area contributed by atoms with Crippen LogP contribution in [0, 0.1) is 0 Å². The molecule has 0 atom stereocenters. The van der Waals surface area contributed by atoms with Gasteiger partial charge in [0.05, 0.1) is 10.5 Å². The first-order valence-electron chi connectivity index (χ1n) is 5.01. The molecule has 0 bridgehead atoms. The van der Waals surface area contributed by atoms with E-state index in [4.69, 9.17) is 5.11 Å². The van der Waals surface area contributed by atoms with E-state index in [1.165, 1.54) is 30.5 Å². The Kier molecular flexibility index (Phi) is 3.12. The van der Waals surface area contributed by atoms with Gasteiger partial charge in [0.2, 0.25) is 9.84 Å². The van der Waals surface area contributed by atoms with Crippen LogP contribution in [0.2, 0.25) is 0 Å². The molecule has 0 fully saturated rings. The molecule has 92 valence electrons. The molecule has 0 aliphatic rings. The Morgan fingerprint density at radius 1 is 1.11 bits per heavy atom. The Bertz CT molecular complexity index is 680. The molecule has 0 radical (unpaired) electrons. The van der Waals surface area contributed by atoms with Gasteiger partial charge in [-0.25, -0.2) is 18.2 Å². The number of aromatic carboxylic acids is 1. The van der Waals surface area contributed by atoms with Gasteiger partial charge < -0.3 is 5.11 Å². The topological polar surface area (TPSA) is 84.3 Å². The number of carbonyl (C=O) groups is 1. The van der Waals surface area contributed by atoms with Crippen molar-refractivity contribution >= 4 is 15.8 Å². The molecule has 1 aromatic carbocycles. The highest BCUT2D eigenvalue weighted by Gasteiger charge is 2.19. The van der Waals surface area contributed by atoms with Crippen LogP contribution in [0.25, 0.3) is 0 Å². The van der Waals surface area contributed by atoms with Gasteiger partial charge in [0, 0.05) is 6.20 Å². The van der Waals surface area contributed by atoms with E-state index in [-0.39, 0.29) is 15.5 Å². The van der Waals surface area contributed by atoms with E-state index in [1.54, 1.807) is 12.1 Å². The number of rotatable bonds is 3. The van der Waals surface area contributed by atoms with Crippen LogP contribution in [0.5, 0.6) is 0 Å². The van der Waals surface area contributed by atoms with Gasteiger partial charge in [-0.2, -0.15) is 0 Å². The summed E-state index contributed by atoms with van der Waals surface area (Å²) in [6, 6.07) is 9.71. The number of pyridine rings is 1. The highest BCUT2D eigenvalue weighted by atomic mass is 32.2. The predicted octanol–water partition coefficient (Wildman–Crippen LogP) is 1.61. The molecule has 0 saturated heterocycles. The fourth-order valence-electron chi connectivity index (χ4n) is 1.42. The largest absolute Gasteiger partial charge is 0.478 e. The molecule has 5 nitrogen and oxygen atoms in total. The van der Waals surface area contributed by atoms with Crippen LogP contribution in [0.4, 0.5) is 0 Å². The Hall–Kier alpha value is -2.21. The van der Waals surface area contributed by atoms with Crippen molar-refractivity contribution in [3.63, 3.8) is 0 Å². The number of aromatic nitrogens is 1. The van der Waals surface area contributed by atoms with Gasteiger partial charge in [-0.3, -0.25) is 0 Å². The number of sulfone groups is 1. The highest BCUT2D eigenvalue weighted by Crippen LogP contribution is 2.19. The van der Waals surface area contributed by atoms with Crippen LogP contribution in [0.15, 0.2) is 58.6 Å². The number of hydrogen-bond acceptors (Lipinski definition) is 4. The highest BCUT2D eigenvalue weighted by molar-refractivity contribution is 7.91. The van der Waals surface area contributed by atoms with Crippen molar-refractivity contribution in [3.05, 3.63) is 54.2 Å². The fraction of sp³-hybridized carbons (Fsp3) is 0. The van der Waals surface area contributed by atoms with Gasteiger partial charge in [0.25, 0.3) is 0 Å². The second kappa shape index (κ2) is 4.58. The van der Waals surface area contributed by atoms with Gasteiger partial charge in [-0.15, -0.1) is 0 Å². The summed E-state index contributed by atoms with van der Waals surface area (Å²) in [6.45, 7) is 0. The Labute approximate surface area is 104 Å². The molecule has 0 saturated carbocycles. The third-order valence-electron chi connectivity index (χ3n) is 2.30. The summed E-state index contributed by atoms with van der Waals surface area (Å²) in [5, 5.41) is 8.73. The van der Waals surface area contributed by atoms with Gasteiger partial charge in [0.1, 0.15) is 0 Å². The van der Waals surface area contributed by atoms with E-state index in [1.807, 2.05) is 0 Å². The molecule has 0 amide bonds. The van der Waals surface area contributed by atoms with Crippen molar-refractivity contribution in [3.8, 4) is 0 Å². The summed E-state index contributed by atoms with van der Waals surface area (Å²) in [4.78, 5) is 14.5. The van der Waals surface area contributed by atoms with Crippen LogP contribution in [0.3, 0.4) is 0 Å². The molecule has 1 aromatic heterocycles. The Morgan fingerprint density at radius 3 is 2.50 bits per heavy atom. The van der Waals surface area contributed by atoms with E-state index in [0.717, 1.165) is 6.07 Å². The lowest BCUT2D eigenvalue weighted by Gasteiger charge is -2.04. The molecule has 1 N–H and O–H groups in total. The summed E-state index contributed by atoms with van der Waals surface area (Å²) >= 11 is 0. The van der Waals surface area contributed by atoms with Crippen LogP contribution >= 0.6 is 0 Å². The van der Waals surface area contributed by atoms with Gasteiger partial charge in [-0.05, 0) is 30.3 Å². The minimum atomic E-state index is -3.77. The number of nitrogens with zero attached hydrogens (tertiary/aromatic N) is 1. The minimum Gasteiger partial charge on any atom is -0.478 e.